The summed E-state index contributed by atoms with van der Waals surface area (Å²) in [6, 6.07) is 32.7. The van der Waals surface area contributed by atoms with Gasteiger partial charge in [-0.1, -0.05) is 60.1 Å². The minimum atomic E-state index is -0.661. The first-order valence-electron chi connectivity index (χ1n) is 12.7. The Labute approximate surface area is 230 Å². The Balaban J connectivity index is 1.67. The Kier molecular flexibility index (Phi) is 8.59. The zero-order valence-corrected chi connectivity index (χ0v) is 22.7. The fourth-order valence-corrected chi connectivity index (χ4v) is 5.00. The quantitative estimate of drug-likeness (QED) is 0.244. The molecule has 0 saturated heterocycles. The van der Waals surface area contributed by atoms with E-state index in [1.807, 2.05) is 68.4 Å². The van der Waals surface area contributed by atoms with Crippen LogP contribution in [0.2, 0.25) is 5.02 Å². The van der Waals surface area contributed by atoms with E-state index in [1.165, 1.54) is 0 Å². The van der Waals surface area contributed by atoms with Gasteiger partial charge in [-0.15, -0.1) is 0 Å². The first-order valence-corrected chi connectivity index (χ1v) is 13.1. The van der Waals surface area contributed by atoms with Crippen LogP contribution in [0.3, 0.4) is 0 Å². The van der Waals surface area contributed by atoms with Gasteiger partial charge in [0.1, 0.15) is 0 Å². The van der Waals surface area contributed by atoms with Crippen LogP contribution in [0, 0.1) is 28.1 Å². The van der Waals surface area contributed by atoms with Crippen LogP contribution in [0.1, 0.15) is 55.0 Å². The van der Waals surface area contributed by atoms with Crippen LogP contribution in [-0.4, -0.2) is 11.0 Å². The predicted molar refractivity (Wildman–Crippen MR) is 153 cm³/mol. The van der Waals surface area contributed by atoms with Crippen molar-refractivity contribution in [3.8, 4) is 23.3 Å². The molecule has 0 saturated carbocycles. The van der Waals surface area contributed by atoms with Gasteiger partial charge in [0.2, 0.25) is 0 Å². The number of nitrogens with zero attached hydrogens (tertiary/aromatic N) is 3. The summed E-state index contributed by atoms with van der Waals surface area (Å²) in [4.78, 5) is 4.11. The van der Waals surface area contributed by atoms with E-state index in [0.29, 0.717) is 10.6 Å². The standard InChI is InChI=1S/C33H31ClN4/c1-23(31(20-24-7-13-30(34)14-8-24)29-6-4-5-25(19-29)21-35)38-32(33(2,3)22-36)28-11-9-26(10-12-28)27-15-17-37-18-16-27/h4-19,23,31-32,38H,20H2,1-3H3. The Bertz CT molecular complexity index is 1430. The average Bonchev–Trinajstić information content (AvgIpc) is 2.96. The summed E-state index contributed by atoms with van der Waals surface area (Å²) in [6.07, 6.45) is 4.34. The van der Waals surface area contributed by atoms with E-state index in [2.05, 4.69) is 59.7 Å². The van der Waals surface area contributed by atoms with Gasteiger partial charge in [0.25, 0.3) is 0 Å². The second-order valence-corrected chi connectivity index (χ2v) is 10.7. The molecular weight excluding hydrogens is 488 g/mol. The topological polar surface area (TPSA) is 72.5 Å². The predicted octanol–water partition coefficient (Wildman–Crippen LogP) is 7.87. The maximum absolute atomic E-state index is 10.1. The van der Waals surface area contributed by atoms with Crippen LogP contribution in [0.25, 0.3) is 11.1 Å². The molecule has 4 rings (SSSR count). The molecule has 0 amide bonds. The van der Waals surface area contributed by atoms with Crippen LogP contribution in [0.15, 0.2) is 97.3 Å². The Morgan fingerprint density at radius 3 is 2.16 bits per heavy atom. The van der Waals surface area contributed by atoms with E-state index in [9.17, 15) is 10.5 Å². The summed E-state index contributed by atoms with van der Waals surface area (Å²) >= 11 is 6.14. The highest BCUT2D eigenvalue weighted by molar-refractivity contribution is 6.30. The van der Waals surface area contributed by atoms with Crippen molar-refractivity contribution in [2.75, 3.05) is 0 Å². The van der Waals surface area contributed by atoms with E-state index < -0.39 is 5.41 Å². The molecule has 3 unspecified atom stereocenters. The van der Waals surface area contributed by atoms with Gasteiger partial charge in [-0.05, 0) is 91.4 Å². The SMILES string of the molecule is CC(NC(c1ccc(-c2ccncc2)cc1)C(C)(C)C#N)C(Cc1ccc(Cl)cc1)c1cccc(C#N)c1. The number of rotatable bonds is 9. The number of pyridine rings is 1. The molecular formula is C33H31ClN4. The number of hydrogen-bond donors (Lipinski definition) is 1. The molecule has 0 aliphatic rings. The van der Waals surface area contributed by atoms with E-state index in [1.54, 1.807) is 12.4 Å². The van der Waals surface area contributed by atoms with Crippen molar-refractivity contribution in [3.05, 3.63) is 125 Å². The highest BCUT2D eigenvalue weighted by Gasteiger charge is 2.34. The van der Waals surface area contributed by atoms with Gasteiger partial charge in [-0.3, -0.25) is 4.98 Å². The van der Waals surface area contributed by atoms with E-state index in [-0.39, 0.29) is 18.0 Å². The van der Waals surface area contributed by atoms with Crippen molar-refractivity contribution in [2.24, 2.45) is 5.41 Å². The van der Waals surface area contributed by atoms with Crippen LogP contribution in [-0.2, 0) is 6.42 Å². The number of nitriles is 2. The number of nitrogens with one attached hydrogen (secondary N) is 1. The summed E-state index contributed by atoms with van der Waals surface area (Å²) in [6.45, 7) is 6.10. The van der Waals surface area contributed by atoms with Gasteiger partial charge in [-0.2, -0.15) is 10.5 Å². The molecule has 38 heavy (non-hydrogen) atoms. The highest BCUT2D eigenvalue weighted by Crippen LogP contribution is 2.36. The normalized spacial score (nSPS) is 13.6. The second kappa shape index (κ2) is 12.1. The van der Waals surface area contributed by atoms with Gasteiger partial charge >= 0.3 is 0 Å². The van der Waals surface area contributed by atoms with Crippen molar-refractivity contribution >= 4 is 11.6 Å². The maximum atomic E-state index is 10.1. The minimum Gasteiger partial charge on any atom is -0.305 e. The smallest absolute Gasteiger partial charge is 0.0991 e. The molecule has 0 aliphatic heterocycles. The van der Waals surface area contributed by atoms with Crippen molar-refractivity contribution in [2.45, 2.75) is 45.2 Å². The van der Waals surface area contributed by atoms with E-state index in [0.717, 1.165) is 34.2 Å². The largest absolute Gasteiger partial charge is 0.305 e. The number of benzene rings is 3. The van der Waals surface area contributed by atoms with E-state index in [4.69, 9.17) is 11.6 Å². The molecule has 3 atom stereocenters. The van der Waals surface area contributed by atoms with Gasteiger partial charge in [0.15, 0.2) is 0 Å². The molecule has 4 aromatic rings. The highest BCUT2D eigenvalue weighted by atomic mass is 35.5. The molecule has 0 bridgehead atoms. The fourth-order valence-electron chi connectivity index (χ4n) is 4.87. The summed E-state index contributed by atoms with van der Waals surface area (Å²) in [5, 5.41) is 24.1. The average molecular weight is 519 g/mol. The van der Waals surface area contributed by atoms with Gasteiger partial charge in [-0.25, -0.2) is 0 Å². The molecule has 0 fully saturated rings. The molecule has 4 nitrogen and oxygen atoms in total. The first-order chi connectivity index (χ1) is 18.3. The summed E-state index contributed by atoms with van der Waals surface area (Å²) in [5.74, 6) is 0.0672. The van der Waals surface area contributed by atoms with Crippen LogP contribution in [0.4, 0.5) is 0 Å². The fraction of sp³-hybridized carbons (Fsp3) is 0.242. The number of hydrogen-bond acceptors (Lipinski definition) is 4. The van der Waals surface area contributed by atoms with Gasteiger partial charge in [0.05, 0.1) is 29.2 Å². The van der Waals surface area contributed by atoms with E-state index >= 15 is 0 Å². The van der Waals surface area contributed by atoms with Gasteiger partial charge in [0, 0.05) is 29.4 Å². The monoisotopic (exact) mass is 518 g/mol. The zero-order chi connectivity index (χ0) is 27.1. The summed E-state index contributed by atoms with van der Waals surface area (Å²) in [5.41, 5.74) is 5.48. The Morgan fingerprint density at radius 1 is 0.868 bits per heavy atom. The van der Waals surface area contributed by atoms with Crippen LogP contribution in [0.5, 0.6) is 0 Å². The molecule has 0 aliphatic carbocycles. The molecule has 190 valence electrons. The lowest BCUT2D eigenvalue weighted by molar-refractivity contribution is 0.281. The van der Waals surface area contributed by atoms with Crippen molar-refractivity contribution < 1.29 is 0 Å². The first kappa shape index (κ1) is 27.1. The van der Waals surface area contributed by atoms with Crippen molar-refractivity contribution in [1.82, 2.24) is 10.3 Å². The molecule has 1 aromatic heterocycles. The van der Waals surface area contributed by atoms with Crippen LogP contribution < -0.4 is 5.32 Å². The Hall–Kier alpha value is -3.96. The lowest BCUT2D eigenvalue weighted by atomic mass is 9.79. The molecule has 0 spiro atoms. The van der Waals surface area contributed by atoms with Crippen molar-refractivity contribution in [3.63, 3.8) is 0 Å². The summed E-state index contributed by atoms with van der Waals surface area (Å²) in [7, 11) is 0. The molecule has 3 aromatic carbocycles. The second-order valence-electron chi connectivity index (χ2n) is 10.3. The molecule has 1 N–H and O–H groups in total. The summed E-state index contributed by atoms with van der Waals surface area (Å²) < 4.78 is 0. The molecule has 0 radical (unpaired) electrons. The van der Waals surface area contributed by atoms with Gasteiger partial charge < -0.3 is 5.32 Å². The zero-order valence-electron chi connectivity index (χ0n) is 21.9. The van der Waals surface area contributed by atoms with Crippen molar-refractivity contribution in [1.29, 1.82) is 10.5 Å². The molecule has 5 heteroatoms. The number of halogens is 1. The minimum absolute atomic E-state index is 0.00267. The maximum Gasteiger partial charge on any atom is 0.0991 e. The Morgan fingerprint density at radius 2 is 1.53 bits per heavy atom. The third-order valence-corrected chi connectivity index (χ3v) is 7.37. The third kappa shape index (κ3) is 6.48. The number of aromatic nitrogens is 1. The molecule has 1 heterocycles. The lowest BCUT2D eigenvalue weighted by Crippen LogP contribution is -2.42. The lowest BCUT2D eigenvalue weighted by Gasteiger charge is -2.36. The third-order valence-electron chi connectivity index (χ3n) is 7.11. The van der Waals surface area contributed by atoms with Crippen LogP contribution >= 0.6 is 11.6 Å².